The lowest BCUT2D eigenvalue weighted by Gasteiger charge is -2.44. The van der Waals surface area contributed by atoms with E-state index in [9.17, 15) is 4.79 Å². The first-order valence-electron chi connectivity index (χ1n) is 8.12. The lowest BCUT2D eigenvalue weighted by atomic mass is 10.1. The number of benzene rings is 1. The van der Waals surface area contributed by atoms with Crippen LogP contribution >= 0.6 is 34.5 Å². The van der Waals surface area contributed by atoms with E-state index in [-0.39, 0.29) is 17.6 Å². The summed E-state index contributed by atoms with van der Waals surface area (Å²) in [5.41, 5.74) is 0.768. The molecule has 1 aromatic heterocycles. The van der Waals surface area contributed by atoms with Gasteiger partial charge in [-0.15, -0.1) is 0 Å². The maximum absolute atomic E-state index is 15.0. The van der Waals surface area contributed by atoms with E-state index in [1.807, 2.05) is 0 Å². The van der Waals surface area contributed by atoms with E-state index in [1.165, 1.54) is 2.78 Å². The van der Waals surface area contributed by atoms with Crippen LogP contribution in [-0.2, 0) is 0 Å². The molecule has 3 heterocycles. The Bertz CT molecular complexity index is 949. The zero-order chi connectivity index (χ0) is 18.0. The molecule has 1 aromatic carbocycles. The van der Waals surface area contributed by atoms with Crippen LogP contribution in [-0.4, -0.2) is 51.4 Å². The Morgan fingerprint density at radius 3 is 2.84 bits per heavy atom. The van der Waals surface area contributed by atoms with Crippen molar-refractivity contribution >= 4 is 56.9 Å². The van der Waals surface area contributed by atoms with Crippen molar-refractivity contribution < 1.29 is 4.39 Å². The van der Waals surface area contributed by atoms with Gasteiger partial charge in [0.25, 0.3) is 0 Å². The van der Waals surface area contributed by atoms with Crippen molar-refractivity contribution in [3.63, 3.8) is 0 Å². The zero-order valence-corrected chi connectivity index (χ0v) is 17.0. The summed E-state index contributed by atoms with van der Waals surface area (Å²) in [7, 11) is 2.08. The Labute approximate surface area is 163 Å². The van der Waals surface area contributed by atoms with Crippen LogP contribution in [0, 0.1) is 12.7 Å². The number of hydrogen-bond acceptors (Lipinski definition) is 5. The average molecular weight is 478 g/mol. The second kappa shape index (κ2) is 5.95. The molecule has 4 rings (SSSR count). The molecule has 6 nitrogen and oxygen atoms in total. The number of rotatable bonds is 0. The summed E-state index contributed by atoms with van der Waals surface area (Å²) in [5.74, 6) is 0.0558. The minimum atomic E-state index is -0.471. The van der Waals surface area contributed by atoms with E-state index in [1.54, 1.807) is 29.8 Å². The van der Waals surface area contributed by atoms with Crippen LogP contribution in [0.4, 0.5) is 15.9 Å². The highest BCUT2D eigenvalue weighted by atomic mass is 127. The minimum Gasteiger partial charge on any atom is -0.381 e. The first kappa shape index (κ1) is 17.3. The number of likely N-dealkylation sites (N-methyl/N-ethyl adjacent to an activating group) is 1. The molecule has 2 aliphatic rings. The van der Waals surface area contributed by atoms with Crippen LogP contribution in [0.2, 0.25) is 5.02 Å². The SMILES string of the molecule is Cc1c(Cl)c2c3c(nc(=O)n(I)c3c1F)N1C(C)CN(C)CC1CN2. The average Bonchev–Trinajstić information content (AvgIpc) is 2.70. The fourth-order valence-corrected chi connectivity index (χ4v) is 4.83. The second-order valence-electron chi connectivity index (χ2n) is 6.86. The molecule has 2 aliphatic heterocycles. The van der Waals surface area contributed by atoms with Gasteiger partial charge in [0.1, 0.15) is 11.3 Å². The summed E-state index contributed by atoms with van der Waals surface area (Å²) in [6.07, 6.45) is 0. The predicted molar refractivity (Wildman–Crippen MR) is 107 cm³/mol. The van der Waals surface area contributed by atoms with Gasteiger partial charge in [0.05, 0.1) is 45.0 Å². The Balaban J connectivity index is 2.13. The molecule has 1 fully saturated rings. The summed E-state index contributed by atoms with van der Waals surface area (Å²) >= 11 is 8.26. The van der Waals surface area contributed by atoms with Crippen molar-refractivity contribution in [2.75, 3.05) is 36.9 Å². The van der Waals surface area contributed by atoms with Crippen LogP contribution in [0.5, 0.6) is 0 Å². The number of nitrogens with zero attached hydrogens (tertiary/aromatic N) is 4. The Hall–Kier alpha value is -1.13. The number of aromatic nitrogens is 2. The number of fused-ring (bicyclic) bond motifs is 2. The van der Waals surface area contributed by atoms with Crippen LogP contribution in [0.15, 0.2) is 4.79 Å². The zero-order valence-electron chi connectivity index (χ0n) is 14.1. The molecule has 0 bridgehead atoms. The van der Waals surface area contributed by atoms with Gasteiger partial charge in [-0.05, 0) is 20.9 Å². The molecular formula is C16H18ClFIN5O. The molecule has 0 spiro atoms. The van der Waals surface area contributed by atoms with Gasteiger partial charge in [-0.1, -0.05) is 11.6 Å². The van der Waals surface area contributed by atoms with Crippen LogP contribution in [0.1, 0.15) is 12.5 Å². The first-order chi connectivity index (χ1) is 11.8. The summed E-state index contributed by atoms with van der Waals surface area (Å²) < 4.78 is 16.2. The number of anilines is 2. The van der Waals surface area contributed by atoms with Crippen molar-refractivity contribution in [2.24, 2.45) is 0 Å². The van der Waals surface area contributed by atoms with Gasteiger partial charge in [0.2, 0.25) is 0 Å². The molecule has 134 valence electrons. The van der Waals surface area contributed by atoms with E-state index in [0.29, 0.717) is 34.0 Å². The Morgan fingerprint density at radius 1 is 1.40 bits per heavy atom. The van der Waals surface area contributed by atoms with Crippen LogP contribution < -0.4 is 15.9 Å². The molecule has 2 atom stereocenters. The number of halogens is 3. The van der Waals surface area contributed by atoms with Gasteiger partial charge in [0, 0.05) is 31.2 Å². The third kappa shape index (κ3) is 2.44. The molecule has 2 unspecified atom stereocenters. The standard InChI is InChI=1S/C16H18ClFIN5O/c1-7-5-22(3)6-9-4-20-13-10-14(12(18)8(2)11(13)17)24(19)16(25)21-15(10)23(7)9/h7,9,20H,4-6H2,1-3H3. The highest BCUT2D eigenvalue weighted by Crippen LogP contribution is 2.43. The molecule has 1 saturated heterocycles. The molecule has 9 heteroatoms. The van der Waals surface area contributed by atoms with E-state index < -0.39 is 11.5 Å². The fraction of sp³-hybridized carbons (Fsp3) is 0.500. The molecule has 25 heavy (non-hydrogen) atoms. The molecule has 0 saturated carbocycles. The van der Waals surface area contributed by atoms with E-state index >= 15 is 4.39 Å². The summed E-state index contributed by atoms with van der Waals surface area (Å²) in [5, 5.41) is 4.32. The van der Waals surface area contributed by atoms with Gasteiger partial charge in [-0.25, -0.2) is 12.0 Å². The minimum absolute atomic E-state index is 0.126. The van der Waals surface area contributed by atoms with Gasteiger partial charge in [-0.2, -0.15) is 4.98 Å². The van der Waals surface area contributed by atoms with Gasteiger partial charge in [0.15, 0.2) is 5.82 Å². The normalized spacial score (nSPS) is 23.4. The van der Waals surface area contributed by atoms with E-state index in [0.717, 1.165) is 13.1 Å². The molecule has 0 radical (unpaired) electrons. The van der Waals surface area contributed by atoms with Gasteiger partial charge >= 0.3 is 5.69 Å². The monoisotopic (exact) mass is 477 g/mol. The molecule has 0 aliphatic carbocycles. The van der Waals surface area contributed by atoms with E-state index in [4.69, 9.17) is 11.6 Å². The molecule has 0 amide bonds. The molecule has 2 aromatic rings. The maximum Gasteiger partial charge on any atom is 0.359 e. The second-order valence-corrected chi connectivity index (χ2v) is 8.21. The van der Waals surface area contributed by atoms with Crippen molar-refractivity contribution in [1.82, 2.24) is 12.7 Å². The third-order valence-electron chi connectivity index (χ3n) is 5.09. The van der Waals surface area contributed by atoms with E-state index in [2.05, 4.69) is 34.1 Å². The van der Waals surface area contributed by atoms with Crippen molar-refractivity contribution in [3.8, 4) is 0 Å². The lowest BCUT2D eigenvalue weighted by molar-refractivity contribution is 0.236. The highest BCUT2D eigenvalue weighted by molar-refractivity contribution is 14.1. The summed E-state index contributed by atoms with van der Waals surface area (Å²) in [6.45, 7) is 6.07. The van der Waals surface area contributed by atoms with Crippen LogP contribution in [0.25, 0.3) is 10.9 Å². The van der Waals surface area contributed by atoms with Crippen molar-refractivity contribution in [3.05, 3.63) is 26.9 Å². The first-order valence-corrected chi connectivity index (χ1v) is 9.46. The Kier molecular flexibility index (Phi) is 4.12. The fourth-order valence-electron chi connectivity index (χ4n) is 4.03. The van der Waals surface area contributed by atoms with Gasteiger partial charge < -0.3 is 15.1 Å². The predicted octanol–water partition coefficient (Wildman–Crippen LogP) is 2.63. The quantitative estimate of drug-likeness (QED) is 0.591. The maximum atomic E-state index is 15.0. The van der Waals surface area contributed by atoms with Crippen molar-refractivity contribution in [2.45, 2.75) is 25.9 Å². The largest absolute Gasteiger partial charge is 0.381 e. The molecule has 1 N–H and O–H groups in total. The number of nitrogens with one attached hydrogen (secondary N) is 1. The van der Waals surface area contributed by atoms with Gasteiger partial charge in [-0.3, -0.25) is 0 Å². The number of hydrogen-bond donors (Lipinski definition) is 1. The Morgan fingerprint density at radius 2 is 2.12 bits per heavy atom. The summed E-state index contributed by atoms with van der Waals surface area (Å²) in [6, 6.07) is 0.278. The van der Waals surface area contributed by atoms with Crippen LogP contribution in [0.3, 0.4) is 0 Å². The lowest BCUT2D eigenvalue weighted by Crippen LogP contribution is -2.59. The topological polar surface area (TPSA) is 53.4 Å². The number of piperazine rings is 1. The molecular weight excluding hydrogens is 460 g/mol. The summed E-state index contributed by atoms with van der Waals surface area (Å²) in [4.78, 5) is 21.2. The smallest absolute Gasteiger partial charge is 0.359 e. The van der Waals surface area contributed by atoms with Crippen molar-refractivity contribution in [1.29, 1.82) is 0 Å². The third-order valence-corrected chi connectivity index (χ3v) is 6.46. The highest BCUT2D eigenvalue weighted by Gasteiger charge is 2.37.